The maximum Gasteiger partial charge on any atom is 0.231 e. The van der Waals surface area contributed by atoms with Gasteiger partial charge in [-0.1, -0.05) is 33.3 Å². The molecule has 2 aliphatic heterocycles. The minimum Gasteiger partial charge on any atom is -0.454 e. The molecular weight excluding hydrogens is 300 g/mol. The minimum atomic E-state index is 0.369. The third kappa shape index (κ3) is 3.14. The van der Waals surface area contributed by atoms with Gasteiger partial charge in [-0.3, -0.25) is 4.90 Å². The van der Waals surface area contributed by atoms with Gasteiger partial charge in [0.25, 0.3) is 0 Å². The van der Waals surface area contributed by atoms with Crippen LogP contribution in [0, 0.1) is 0 Å². The number of hydrogen-bond donors (Lipinski definition) is 0. The van der Waals surface area contributed by atoms with Crippen LogP contribution in [0.1, 0.15) is 50.8 Å². The zero-order valence-corrected chi connectivity index (χ0v) is 15.8. The summed E-state index contributed by atoms with van der Waals surface area (Å²) < 4.78 is 12.7. The molecule has 0 bridgehead atoms. The molecule has 2 aliphatic rings. The molecule has 0 aliphatic carbocycles. The van der Waals surface area contributed by atoms with Crippen molar-refractivity contribution in [1.82, 2.24) is 4.90 Å². The van der Waals surface area contributed by atoms with Crippen LogP contribution in [0.15, 0.2) is 12.1 Å². The van der Waals surface area contributed by atoms with Crippen molar-refractivity contribution < 1.29 is 14.0 Å². The lowest BCUT2D eigenvalue weighted by Gasteiger charge is -2.46. The van der Waals surface area contributed by atoms with E-state index in [4.69, 9.17) is 9.47 Å². The summed E-state index contributed by atoms with van der Waals surface area (Å²) >= 11 is 0. The predicted molar refractivity (Wildman–Crippen MR) is 97.6 cm³/mol. The first-order valence-electron chi connectivity index (χ1n) is 9.60. The molecule has 1 aromatic carbocycles. The molecule has 0 spiro atoms. The number of ether oxygens (including phenoxy) is 2. The van der Waals surface area contributed by atoms with E-state index in [9.17, 15) is 0 Å². The molecule has 2 atom stereocenters. The third-order valence-electron chi connectivity index (χ3n) is 6.03. The summed E-state index contributed by atoms with van der Waals surface area (Å²) in [6, 6.07) is 4.88. The van der Waals surface area contributed by atoms with Crippen molar-refractivity contribution in [3.8, 4) is 11.5 Å². The number of nitrogens with zero attached hydrogens (tertiary/aromatic N) is 2. The van der Waals surface area contributed by atoms with Crippen LogP contribution in [-0.4, -0.2) is 55.9 Å². The highest BCUT2D eigenvalue weighted by Gasteiger charge is 2.42. The lowest BCUT2D eigenvalue weighted by atomic mass is 9.87. The van der Waals surface area contributed by atoms with E-state index in [1.165, 1.54) is 43.6 Å². The number of likely N-dealkylation sites (N-methyl/N-ethyl adjacent to an activating group) is 2. The molecule has 0 N–H and O–H groups in total. The van der Waals surface area contributed by atoms with Crippen LogP contribution in [0.3, 0.4) is 0 Å². The standard InChI is InChI=1S/C20H33N2O2/c1-5-8-17-19-16(9-10-18-20(19)24-15-23-18)11-13-22(17,4)14-12-21(6-2)7-3/h9-10,17H,5-8,11-15H2,1-4H3/q+1. The molecule has 0 radical (unpaired) electrons. The molecule has 2 unspecified atom stereocenters. The first kappa shape index (κ1) is 17.6. The Morgan fingerprint density at radius 2 is 1.96 bits per heavy atom. The second-order valence-electron chi connectivity index (χ2n) is 7.38. The smallest absolute Gasteiger partial charge is 0.231 e. The summed E-state index contributed by atoms with van der Waals surface area (Å²) in [5, 5.41) is 0. The molecule has 0 amide bonds. The van der Waals surface area contributed by atoms with Gasteiger partial charge in [-0.2, -0.15) is 0 Å². The highest BCUT2D eigenvalue weighted by molar-refractivity contribution is 5.53. The van der Waals surface area contributed by atoms with Crippen molar-refractivity contribution in [2.75, 3.05) is 46.6 Å². The van der Waals surface area contributed by atoms with Crippen molar-refractivity contribution in [3.05, 3.63) is 23.3 Å². The van der Waals surface area contributed by atoms with Crippen LogP contribution < -0.4 is 9.47 Å². The highest BCUT2D eigenvalue weighted by atomic mass is 16.7. The quantitative estimate of drug-likeness (QED) is 0.712. The van der Waals surface area contributed by atoms with Crippen molar-refractivity contribution >= 4 is 0 Å². The van der Waals surface area contributed by atoms with Crippen molar-refractivity contribution in [3.63, 3.8) is 0 Å². The number of rotatable bonds is 7. The van der Waals surface area contributed by atoms with Gasteiger partial charge in [-0.25, -0.2) is 0 Å². The average molecular weight is 333 g/mol. The van der Waals surface area contributed by atoms with Gasteiger partial charge in [0.05, 0.1) is 25.7 Å². The molecule has 0 aromatic heterocycles. The van der Waals surface area contributed by atoms with E-state index < -0.39 is 0 Å². The normalized spacial score (nSPS) is 25.1. The third-order valence-corrected chi connectivity index (χ3v) is 6.03. The van der Waals surface area contributed by atoms with Crippen molar-refractivity contribution in [1.29, 1.82) is 0 Å². The molecule has 4 nitrogen and oxygen atoms in total. The maximum atomic E-state index is 5.89. The van der Waals surface area contributed by atoms with E-state index in [1.807, 2.05) is 0 Å². The van der Waals surface area contributed by atoms with E-state index in [1.54, 1.807) is 0 Å². The number of hydrogen-bond acceptors (Lipinski definition) is 3. The Morgan fingerprint density at radius 3 is 2.67 bits per heavy atom. The predicted octanol–water partition coefficient (Wildman–Crippen LogP) is 3.60. The first-order chi connectivity index (χ1) is 11.6. The summed E-state index contributed by atoms with van der Waals surface area (Å²) in [4.78, 5) is 2.54. The first-order valence-corrected chi connectivity index (χ1v) is 9.60. The van der Waals surface area contributed by atoms with Crippen LogP contribution in [0.2, 0.25) is 0 Å². The van der Waals surface area contributed by atoms with E-state index >= 15 is 0 Å². The van der Waals surface area contributed by atoms with Gasteiger partial charge in [0, 0.05) is 19.4 Å². The van der Waals surface area contributed by atoms with Crippen LogP contribution in [-0.2, 0) is 6.42 Å². The largest absolute Gasteiger partial charge is 0.454 e. The summed E-state index contributed by atoms with van der Waals surface area (Å²) in [6.45, 7) is 13.1. The van der Waals surface area contributed by atoms with E-state index in [2.05, 4.69) is 44.9 Å². The van der Waals surface area contributed by atoms with Gasteiger partial charge in [0.15, 0.2) is 11.5 Å². The topological polar surface area (TPSA) is 21.7 Å². The second-order valence-corrected chi connectivity index (χ2v) is 7.38. The molecule has 0 saturated carbocycles. The summed E-state index contributed by atoms with van der Waals surface area (Å²) in [6.07, 6.45) is 3.55. The fraction of sp³-hybridized carbons (Fsp3) is 0.700. The average Bonchev–Trinajstić information content (AvgIpc) is 3.07. The monoisotopic (exact) mass is 333 g/mol. The van der Waals surface area contributed by atoms with Crippen molar-refractivity contribution in [2.24, 2.45) is 0 Å². The number of benzene rings is 1. The number of quaternary nitrogens is 1. The van der Waals surface area contributed by atoms with Gasteiger partial charge in [-0.15, -0.1) is 0 Å². The molecule has 4 heteroatoms. The second kappa shape index (κ2) is 7.32. The van der Waals surface area contributed by atoms with E-state index in [0.717, 1.165) is 35.5 Å². The minimum absolute atomic E-state index is 0.369. The van der Waals surface area contributed by atoms with Crippen LogP contribution >= 0.6 is 0 Å². The van der Waals surface area contributed by atoms with E-state index in [0.29, 0.717) is 12.8 Å². The van der Waals surface area contributed by atoms with Gasteiger partial charge >= 0.3 is 0 Å². The Balaban J connectivity index is 1.91. The Kier molecular flexibility index (Phi) is 5.36. The van der Waals surface area contributed by atoms with Crippen LogP contribution in [0.25, 0.3) is 0 Å². The lowest BCUT2D eigenvalue weighted by molar-refractivity contribution is -0.941. The molecule has 24 heavy (non-hydrogen) atoms. The van der Waals surface area contributed by atoms with Crippen LogP contribution in [0.5, 0.6) is 11.5 Å². The Bertz CT molecular complexity index is 571. The summed E-state index contributed by atoms with van der Waals surface area (Å²) in [5.41, 5.74) is 2.90. The summed E-state index contributed by atoms with van der Waals surface area (Å²) in [7, 11) is 2.45. The van der Waals surface area contributed by atoms with Gasteiger partial charge in [-0.05, 0) is 24.7 Å². The van der Waals surface area contributed by atoms with Gasteiger partial charge in [0.1, 0.15) is 6.04 Å². The zero-order chi connectivity index (χ0) is 17.2. The fourth-order valence-corrected chi connectivity index (χ4v) is 4.37. The van der Waals surface area contributed by atoms with E-state index in [-0.39, 0.29) is 0 Å². The van der Waals surface area contributed by atoms with Gasteiger partial charge < -0.3 is 14.0 Å². The highest BCUT2D eigenvalue weighted by Crippen LogP contribution is 2.48. The fourth-order valence-electron chi connectivity index (χ4n) is 4.37. The Labute approximate surface area is 146 Å². The molecule has 0 fully saturated rings. The lowest BCUT2D eigenvalue weighted by Crippen LogP contribution is -2.54. The molecule has 3 rings (SSSR count). The van der Waals surface area contributed by atoms with Gasteiger partial charge in [0.2, 0.25) is 6.79 Å². The summed E-state index contributed by atoms with van der Waals surface area (Å²) in [5.74, 6) is 1.96. The van der Waals surface area contributed by atoms with Crippen LogP contribution in [0.4, 0.5) is 0 Å². The molecular formula is C20H33N2O2+. The zero-order valence-electron chi connectivity index (χ0n) is 15.8. The molecule has 134 valence electrons. The maximum absolute atomic E-state index is 5.89. The number of fused-ring (bicyclic) bond motifs is 3. The van der Waals surface area contributed by atoms with Crippen molar-refractivity contribution in [2.45, 2.75) is 46.1 Å². The molecule has 0 saturated heterocycles. The Morgan fingerprint density at radius 1 is 1.17 bits per heavy atom. The molecule has 2 heterocycles. The molecule has 1 aromatic rings. The Hall–Kier alpha value is -1.26. The SMILES string of the molecule is CCCC1c2c(ccc3c2OCO3)CC[N+]1(C)CCN(CC)CC.